The number of thiophene rings is 1. The van der Waals surface area contributed by atoms with Crippen molar-refractivity contribution in [3.05, 3.63) is 22.4 Å². The van der Waals surface area contributed by atoms with Crippen molar-refractivity contribution in [3.8, 4) is 0 Å². The maximum absolute atomic E-state index is 14.0. The van der Waals surface area contributed by atoms with Gasteiger partial charge in [-0.3, -0.25) is 0 Å². The number of alkyl halides is 1. The summed E-state index contributed by atoms with van der Waals surface area (Å²) < 4.78 is 14.0. The predicted octanol–water partition coefficient (Wildman–Crippen LogP) is 2.67. The molecule has 12 heavy (non-hydrogen) atoms. The molecule has 0 fully saturated rings. The molecule has 0 aromatic carbocycles. The molecule has 0 spiro atoms. The molecule has 0 aliphatic carbocycles. The quantitative estimate of drug-likeness (QED) is 0.770. The molecule has 0 aliphatic heterocycles. The van der Waals surface area contributed by atoms with Crippen LogP contribution < -0.4 is 5.73 Å². The number of hydrogen-bond acceptors (Lipinski definition) is 2. The molecule has 1 rings (SSSR count). The lowest BCUT2D eigenvalue weighted by molar-refractivity contribution is 0.164. The Bertz CT molecular complexity index is 222. The Morgan fingerprint density at radius 2 is 2.42 bits per heavy atom. The summed E-state index contributed by atoms with van der Waals surface area (Å²) in [6, 6.07) is 3.67. The summed E-state index contributed by atoms with van der Waals surface area (Å²) in [5.74, 6) is 0. The Morgan fingerprint density at radius 3 is 2.83 bits per heavy atom. The van der Waals surface area contributed by atoms with Crippen LogP contribution in [0.4, 0.5) is 4.39 Å². The van der Waals surface area contributed by atoms with Crippen LogP contribution in [0, 0.1) is 0 Å². The summed E-state index contributed by atoms with van der Waals surface area (Å²) in [4.78, 5) is 0.756. The second-order valence-electron chi connectivity index (χ2n) is 2.90. The van der Waals surface area contributed by atoms with Gasteiger partial charge in [-0.25, -0.2) is 4.39 Å². The van der Waals surface area contributed by atoms with E-state index in [0.717, 1.165) is 11.3 Å². The Balaban J connectivity index is 2.80. The summed E-state index contributed by atoms with van der Waals surface area (Å²) in [7, 11) is 0. The van der Waals surface area contributed by atoms with Crippen molar-refractivity contribution >= 4 is 11.3 Å². The molecule has 1 atom stereocenters. The molecule has 0 saturated carbocycles. The minimum absolute atomic E-state index is 0.0847. The third-order valence-corrected chi connectivity index (χ3v) is 2.98. The first-order valence-electron chi connectivity index (χ1n) is 4.16. The van der Waals surface area contributed by atoms with Crippen LogP contribution in [-0.2, 0) is 5.67 Å². The largest absolute Gasteiger partial charge is 0.327 e. The van der Waals surface area contributed by atoms with E-state index in [2.05, 4.69) is 0 Å². The summed E-state index contributed by atoms with van der Waals surface area (Å²) >= 11 is 1.44. The molecule has 1 aromatic heterocycles. The van der Waals surface area contributed by atoms with E-state index in [1.165, 1.54) is 11.3 Å². The molecule has 1 nitrogen and oxygen atoms in total. The monoisotopic (exact) mass is 187 g/mol. The molecule has 2 N–H and O–H groups in total. The SMILES string of the molecule is CCCC(F)(CN)c1cccs1. The molecule has 0 amide bonds. The van der Waals surface area contributed by atoms with E-state index in [1.54, 1.807) is 0 Å². The fraction of sp³-hybridized carbons (Fsp3) is 0.556. The maximum Gasteiger partial charge on any atom is 0.157 e. The highest BCUT2D eigenvalue weighted by molar-refractivity contribution is 7.10. The zero-order valence-corrected chi connectivity index (χ0v) is 8.03. The lowest BCUT2D eigenvalue weighted by atomic mass is 9.98. The van der Waals surface area contributed by atoms with Crippen molar-refractivity contribution in [3.63, 3.8) is 0 Å². The highest BCUT2D eigenvalue weighted by Crippen LogP contribution is 2.33. The Hall–Kier alpha value is -0.410. The lowest BCUT2D eigenvalue weighted by Crippen LogP contribution is -2.29. The van der Waals surface area contributed by atoms with Crippen molar-refractivity contribution in [2.75, 3.05) is 6.54 Å². The van der Waals surface area contributed by atoms with Gasteiger partial charge in [0.2, 0.25) is 0 Å². The van der Waals surface area contributed by atoms with Crippen LogP contribution in [0.1, 0.15) is 24.6 Å². The first-order chi connectivity index (χ1) is 5.73. The maximum atomic E-state index is 14.0. The molecule has 1 heterocycles. The zero-order chi connectivity index (χ0) is 9.03. The van der Waals surface area contributed by atoms with Gasteiger partial charge < -0.3 is 5.73 Å². The van der Waals surface area contributed by atoms with E-state index >= 15 is 0 Å². The molecular weight excluding hydrogens is 173 g/mol. The van der Waals surface area contributed by atoms with E-state index < -0.39 is 5.67 Å². The van der Waals surface area contributed by atoms with E-state index in [9.17, 15) is 4.39 Å². The number of nitrogens with two attached hydrogens (primary N) is 1. The van der Waals surface area contributed by atoms with Crippen LogP contribution in [0.15, 0.2) is 17.5 Å². The van der Waals surface area contributed by atoms with Crippen molar-refractivity contribution in [1.29, 1.82) is 0 Å². The Labute approximate surface area is 76.4 Å². The van der Waals surface area contributed by atoms with Crippen molar-refractivity contribution in [2.45, 2.75) is 25.4 Å². The van der Waals surface area contributed by atoms with Crippen LogP contribution in [0.2, 0.25) is 0 Å². The van der Waals surface area contributed by atoms with Gasteiger partial charge in [0.15, 0.2) is 5.67 Å². The van der Waals surface area contributed by atoms with E-state index in [-0.39, 0.29) is 6.54 Å². The van der Waals surface area contributed by atoms with Crippen LogP contribution in [-0.4, -0.2) is 6.54 Å². The van der Waals surface area contributed by atoms with Gasteiger partial charge in [0, 0.05) is 11.4 Å². The average molecular weight is 187 g/mol. The van der Waals surface area contributed by atoms with Gasteiger partial charge >= 0.3 is 0 Å². The van der Waals surface area contributed by atoms with Gasteiger partial charge in [0.25, 0.3) is 0 Å². The normalized spacial score (nSPS) is 15.9. The van der Waals surface area contributed by atoms with E-state index in [4.69, 9.17) is 5.73 Å². The van der Waals surface area contributed by atoms with Gasteiger partial charge in [-0.1, -0.05) is 19.4 Å². The Morgan fingerprint density at radius 1 is 1.67 bits per heavy atom. The van der Waals surface area contributed by atoms with Crippen molar-refractivity contribution < 1.29 is 4.39 Å². The highest BCUT2D eigenvalue weighted by atomic mass is 32.1. The molecule has 1 aromatic rings. The summed E-state index contributed by atoms with van der Waals surface area (Å²) in [6.45, 7) is 2.05. The fourth-order valence-electron chi connectivity index (χ4n) is 1.26. The molecule has 3 heteroatoms. The third-order valence-electron chi connectivity index (χ3n) is 1.93. The Kier molecular flexibility index (Phi) is 3.23. The molecular formula is C9H14FNS. The fourth-order valence-corrected chi connectivity index (χ4v) is 2.11. The summed E-state index contributed by atoms with van der Waals surface area (Å²) in [5, 5.41) is 1.88. The van der Waals surface area contributed by atoms with Gasteiger partial charge in [-0.2, -0.15) is 0 Å². The molecule has 0 bridgehead atoms. The highest BCUT2D eigenvalue weighted by Gasteiger charge is 2.29. The topological polar surface area (TPSA) is 26.0 Å². The summed E-state index contributed by atoms with van der Waals surface area (Å²) in [5.41, 5.74) is 4.13. The van der Waals surface area contributed by atoms with Crippen LogP contribution >= 0.6 is 11.3 Å². The predicted molar refractivity (Wildman–Crippen MR) is 51.1 cm³/mol. The standard InChI is InChI=1S/C9H14FNS/c1-2-5-9(10,7-11)8-4-3-6-12-8/h3-4,6H,2,5,7,11H2,1H3. The number of rotatable bonds is 4. The lowest BCUT2D eigenvalue weighted by Gasteiger charge is -2.21. The minimum atomic E-state index is -1.29. The third kappa shape index (κ3) is 1.84. The van der Waals surface area contributed by atoms with E-state index in [1.807, 2.05) is 24.4 Å². The van der Waals surface area contributed by atoms with Crippen molar-refractivity contribution in [2.24, 2.45) is 5.73 Å². The van der Waals surface area contributed by atoms with E-state index in [0.29, 0.717) is 6.42 Å². The smallest absolute Gasteiger partial charge is 0.157 e. The molecule has 68 valence electrons. The minimum Gasteiger partial charge on any atom is -0.327 e. The van der Waals surface area contributed by atoms with Crippen LogP contribution in [0.5, 0.6) is 0 Å². The van der Waals surface area contributed by atoms with Gasteiger partial charge in [0.1, 0.15) is 0 Å². The molecule has 0 radical (unpaired) electrons. The molecule has 0 aliphatic rings. The first-order valence-corrected chi connectivity index (χ1v) is 5.04. The second kappa shape index (κ2) is 4.01. The second-order valence-corrected chi connectivity index (χ2v) is 3.84. The zero-order valence-electron chi connectivity index (χ0n) is 7.22. The molecule has 0 saturated heterocycles. The van der Waals surface area contributed by atoms with Crippen LogP contribution in [0.25, 0.3) is 0 Å². The van der Waals surface area contributed by atoms with Crippen molar-refractivity contribution in [1.82, 2.24) is 0 Å². The first kappa shape index (κ1) is 9.68. The van der Waals surface area contributed by atoms with Crippen LogP contribution in [0.3, 0.4) is 0 Å². The van der Waals surface area contributed by atoms with Gasteiger partial charge in [-0.05, 0) is 17.9 Å². The van der Waals surface area contributed by atoms with Gasteiger partial charge in [-0.15, -0.1) is 11.3 Å². The molecule has 1 unspecified atom stereocenters. The number of hydrogen-bond donors (Lipinski definition) is 1. The summed E-state index contributed by atoms with van der Waals surface area (Å²) in [6.07, 6.45) is 1.34. The van der Waals surface area contributed by atoms with Gasteiger partial charge in [0.05, 0.1) is 0 Å². The average Bonchev–Trinajstić information content (AvgIpc) is 2.57. The number of halogens is 1.